The van der Waals surface area contributed by atoms with Gasteiger partial charge in [-0.2, -0.15) is 0 Å². The fourth-order valence-corrected chi connectivity index (χ4v) is 3.52. The molecule has 0 radical (unpaired) electrons. The van der Waals surface area contributed by atoms with Gasteiger partial charge in [0, 0.05) is 36.1 Å². The Balaban J connectivity index is 1.50. The second kappa shape index (κ2) is 12.4. The first-order valence-corrected chi connectivity index (χ1v) is 11.8. The quantitative estimate of drug-likeness (QED) is 0.228. The Morgan fingerprint density at radius 3 is 2.50 bits per heavy atom. The van der Waals surface area contributed by atoms with Crippen LogP contribution in [-0.4, -0.2) is 27.9 Å². The summed E-state index contributed by atoms with van der Waals surface area (Å²) in [5.74, 6) is 0.505. The molecule has 3 aromatic carbocycles. The van der Waals surface area contributed by atoms with E-state index < -0.39 is 11.8 Å². The lowest BCUT2D eigenvalue weighted by Crippen LogP contribution is -2.35. The number of para-hydroxylation sites is 1. The molecule has 1 aromatic heterocycles. The first kappa shape index (κ1) is 24.8. The van der Waals surface area contributed by atoms with Crippen LogP contribution >= 0.6 is 11.6 Å². The maximum absolute atomic E-state index is 13.0. The summed E-state index contributed by atoms with van der Waals surface area (Å²) in [6, 6.07) is 23.1. The number of hydrogen-bond acceptors (Lipinski definition) is 4. The zero-order valence-electron chi connectivity index (χ0n) is 19.4. The number of hydrogen-bond donors (Lipinski definition) is 2. The number of halogens is 1. The Hall–Kier alpha value is -4.36. The number of nitrogens with zero attached hydrogens (tertiary/aromatic N) is 2. The predicted octanol–water partition coefficient (Wildman–Crippen LogP) is 5.31. The molecule has 2 N–H and O–H groups in total. The predicted molar refractivity (Wildman–Crippen MR) is 140 cm³/mol. The first-order chi connectivity index (χ1) is 17.6. The highest BCUT2D eigenvalue weighted by atomic mass is 35.5. The molecule has 0 saturated carbocycles. The lowest BCUT2D eigenvalue weighted by atomic mass is 10.1. The van der Waals surface area contributed by atoms with E-state index in [1.54, 1.807) is 48.9 Å². The maximum Gasteiger partial charge on any atom is 0.267 e. The van der Waals surface area contributed by atoms with Gasteiger partial charge in [0.05, 0.1) is 6.33 Å². The summed E-state index contributed by atoms with van der Waals surface area (Å²) in [5.41, 5.74) is 1.21. The summed E-state index contributed by atoms with van der Waals surface area (Å²) in [6.45, 7) is 1.15. The molecule has 0 atom stereocenters. The van der Waals surface area contributed by atoms with Crippen LogP contribution in [0.1, 0.15) is 22.3 Å². The van der Waals surface area contributed by atoms with Crippen LogP contribution in [0.15, 0.2) is 103 Å². The van der Waals surface area contributed by atoms with Crippen LogP contribution in [0, 0.1) is 0 Å². The van der Waals surface area contributed by atoms with E-state index in [0.29, 0.717) is 40.6 Å². The third-order valence-electron chi connectivity index (χ3n) is 5.19. The van der Waals surface area contributed by atoms with Crippen LogP contribution < -0.4 is 15.4 Å². The van der Waals surface area contributed by atoms with Gasteiger partial charge in [-0.25, -0.2) is 4.98 Å². The summed E-state index contributed by atoms with van der Waals surface area (Å²) in [7, 11) is 0. The lowest BCUT2D eigenvalue weighted by molar-refractivity contribution is -0.117. The Kier molecular flexibility index (Phi) is 8.51. The topological polar surface area (TPSA) is 85.2 Å². The van der Waals surface area contributed by atoms with Gasteiger partial charge in [0.1, 0.15) is 17.2 Å². The standard InChI is InChI=1S/C28H25ClN4O3/c29-23-12-10-22(11-13-23)27(34)32-26(28(35)31-14-5-16-33-17-15-30-20-33)19-21-6-4-9-25(18-21)36-24-7-2-1-3-8-24/h1-4,6-13,15,17-20H,5,14,16H2,(H,31,35)(H,32,34)/b26-19+. The molecular formula is C28H25ClN4O3. The number of amides is 2. The van der Waals surface area contributed by atoms with E-state index in [1.807, 2.05) is 59.3 Å². The number of carbonyl (C=O) groups excluding carboxylic acids is 2. The van der Waals surface area contributed by atoms with Crippen molar-refractivity contribution in [3.63, 3.8) is 0 Å². The number of benzene rings is 3. The summed E-state index contributed by atoms with van der Waals surface area (Å²) in [4.78, 5) is 29.9. The molecule has 36 heavy (non-hydrogen) atoms. The Morgan fingerprint density at radius 2 is 1.75 bits per heavy atom. The number of nitrogens with one attached hydrogen (secondary N) is 2. The summed E-state index contributed by atoms with van der Waals surface area (Å²) < 4.78 is 7.83. The second-order valence-corrected chi connectivity index (χ2v) is 8.35. The minimum Gasteiger partial charge on any atom is -0.457 e. The molecule has 0 spiro atoms. The zero-order valence-corrected chi connectivity index (χ0v) is 20.2. The van der Waals surface area contributed by atoms with E-state index in [-0.39, 0.29) is 5.70 Å². The number of aromatic nitrogens is 2. The number of imidazole rings is 1. The van der Waals surface area contributed by atoms with Gasteiger partial charge in [-0.3, -0.25) is 9.59 Å². The average Bonchev–Trinajstić information content (AvgIpc) is 3.41. The van der Waals surface area contributed by atoms with E-state index in [2.05, 4.69) is 15.6 Å². The van der Waals surface area contributed by atoms with Gasteiger partial charge in [-0.1, -0.05) is 41.9 Å². The summed E-state index contributed by atoms with van der Waals surface area (Å²) >= 11 is 5.94. The summed E-state index contributed by atoms with van der Waals surface area (Å²) in [6.07, 6.45) is 7.63. The molecule has 182 valence electrons. The van der Waals surface area contributed by atoms with Crippen molar-refractivity contribution in [1.29, 1.82) is 0 Å². The van der Waals surface area contributed by atoms with Gasteiger partial charge in [-0.15, -0.1) is 0 Å². The molecule has 4 aromatic rings. The molecule has 7 nitrogen and oxygen atoms in total. The van der Waals surface area contributed by atoms with E-state index in [0.717, 1.165) is 6.54 Å². The fourth-order valence-electron chi connectivity index (χ4n) is 3.39. The number of carbonyl (C=O) groups is 2. The van der Waals surface area contributed by atoms with Crippen molar-refractivity contribution < 1.29 is 14.3 Å². The van der Waals surface area contributed by atoms with Crippen LogP contribution in [0.25, 0.3) is 6.08 Å². The molecule has 2 amide bonds. The SMILES string of the molecule is O=C(NCCCn1ccnc1)/C(=C\c1cccc(Oc2ccccc2)c1)NC(=O)c1ccc(Cl)cc1. The van der Waals surface area contributed by atoms with Crippen molar-refractivity contribution >= 4 is 29.5 Å². The lowest BCUT2D eigenvalue weighted by Gasteiger charge is -2.12. The van der Waals surface area contributed by atoms with Crippen LogP contribution in [0.2, 0.25) is 5.02 Å². The second-order valence-electron chi connectivity index (χ2n) is 7.92. The van der Waals surface area contributed by atoms with E-state index >= 15 is 0 Å². The molecule has 0 aliphatic heterocycles. The largest absolute Gasteiger partial charge is 0.457 e. The van der Waals surface area contributed by atoms with Crippen molar-refractivity contribution in [3.8, 4) is 11.5 Å². The van der Waals surface area contributed by atoms with Crippen molar-refractivity contribution in [3.05, 3.63) is 119 Å². The number of aryl methyl sites for hydroxylation is 1. The van der Waals surface area contributed by atoms with Gasteiger partial charge in [-0.05, 0) is 66.6 Å². The molecule has 0 bridgehead atoms. The molecule has 0 fully saturated rings. The van der Waals surface area contributed by atoms with E-state index in [9.17, 15) is 9.59 Å². The third-order valence-corrected chi connectivity index (χ3v) is 5.44. The molecule has 0 saturated heterocycles. The first-order valence-electron chi connectivity index (χ1n) is 11.4. The van der Waals surface area contributed by atoms with Crippen LogP contribution in [0.4, 0.5) is 0 Å². The minimum absolute atomic E-state index is 0.120. The van der Waals surface area contributed by atoms with Gasteiger partial charge < -0.3 is 19.9 Å². The van der Waals surface area contributed by atoms with Crippen LogP contribution in [0.3, 0.4) is 0 Å². The molecule has 0 unspecified atom stereocenters. The molecule has 8 heteroatoms. The number of ether oxygens (including phenoxy) is 1. The molecule has 0 aliphatic rings. The molecule has 4 rings (SSSR count). The monoisotopic (exact) mass is 500 g/mol. The zero-order chi connectivity index (χ0) is 25.2. The van der Waals surface area contributed by atoms with Gasteiger partial charge in [0.25, 0.3) is 11.8 Å². The van der Waals surface area contributed by atoms with Gasteiger partial charge in [0.15, 0.2) is 0 Å². The van der Waals surface area contributed by atoms with Crippen molar-refractivity contribution in [2.45, 2.75) is 13.0 Å². The van der Waals surface area contributed by atoms with E-state index in [1.165, 1.54) is 0 Å². The van der Waals surface area contributed by atoms with Gasteiger partial charge in [0.2, 0.25) is 0 Å². The van der Waals surface area contributed by atoms with Gasteiger partial charge >= 0.3 is 0 Å². The van der Waals surface area contributed by atoms with Crippen molar-refractivity contribution in [2.75, 3.05) is 6.54 Å². The highest BCUT2D eigenvalue weighted by Gasteiger charge is 2.15. The minimum atomic E-state index is -0.414. The highest BCUT2D eigenvalue weighted by Crippen LogP contribution is 2.23. The normalized spacial score (nSPS) is 11.1. The fraction of sp³-hybridized carbons (Fsp3) is 0.107. The van der Waals surface area contributed by atoms with Crippen LogP contribution in [0.5, 0.6) is 11.5 Å². The number of rotatable bonds is 10. The maximum atomic E-state index is 13.0. The van der Waals surface area contributed by atoms with Crippen molar-refractivity contribution in [1.82, 2.24) is 20.2 Å². The third kappa shape index (κ3) is 7.32. The van der Waals surface area contributed by atoms with E-state index in [4.69, 9.17) is 16.3 Å². The highest BCUT2D eigenvalue weighted by molar-refractivity contribution is 6.30. The average molecular weight is 501 g/mol. The Labute approximate surface area is 214 Å². The Bertz CT molecular complexity index is 1320. The smallest absolute Gasteiger partial charge is 0.267 e. The summed E-state index contributed by atoms with van der Waals surface area (Å²) in [5, 5.41) is 6.13. The molecular weight excluding hydrogens is 476 g/mol. The van der Waals surface area contributed by atoms with Crippen LogP contribution in [-0.2, 0) is 11.3 Å². The van der Waals surface area contributed by atoms with Crippen molar-refractivity contribution in [2.24, 2.45) is 0 Å². The molecule has 0 aliphatic carbocycles. The Morgan fingerprint density at radius 1 is 0.972 bits per heavy atom. The molecule has 1 heterocycles.